The summed E-state index contributed by atoms with van der Waals surface area (Å²) in [5.41, 5.74) is 3.15. The van der Waals surface area contributed by atoms with Gasteiger partial charge in [0.15, 0.2) is 0 Å². The zero-order chi connectivity index (χ0) is 25.2. The summed E-state index contributed by atoms with van der Waals surface area (Å²) in [6.07, 6.45) is 2.41. The van der Waals surface area contributed by atoms with Crippen molar-refractivity contribution in [1.82, 2.24) is 20.0 Å². The molecule has 4 heterocycles. The lowest BCUT2D eigenvalue weighted by Gasteiger charge is -2.44. The second-order valence-electron chi connectivity index (χ2n) is 10.6. The maximum Gasteiger partial charge on any atom is 0.259 e. The first-order chi connectivity index (χ1) is 16.6. The molecule has 1 aromatic carbocycles. The van der Waals surface area contributed by atoms with Gasteiger partial charge in [-0.3, -0.25) is 29.4 Å². The summed E-state index contributed by atoms with van der Waals surface area (Å²) < 4.78 is 0. The molecule has 2 saturated heterocycles. The standard InChI is InChI=1S/C26H33N5O4/c1-14-12-28(3)13-15(2)22(14)30(5)25(34)17-7-6-16-21-18(10-11-29(4)23(17)21)31(26(16)35)19-8-9-20(32)27-24(19)33/h6-7,10,14-15,19,22H,8-9,11-13H2,1-5H3,(H,27,32,33)/t14-,15+,19?,22?. The van der Waals surface area contributed by atoms with Crippen LogP contribution in [0.15, 0.2) is 18.2 Å². The smallest absolute Gasteiger partial charge is 0.259 e. The second-order valence-corrected chi connectivity index (χ2v) is 10.6. The number of benzene rings is 1. The quantitative estimate of drug-likeness (QED) is 0.659. The fourth-order valence-corrected chi connectivity index (χ4v) is 6.63. The monoisotopic (exact) mass is 479 g/mol. The first-order valence-electron chi connectivity index (χ1n) is 12.3. The fraction of sp³-hybridized carbons (Fsp3) is 0.538. The summed E-state index contributed by atoms with van der Waals surface area (Å²) in [6, 6.07) is 2.84. The van der Waals surface area contributed by atoms with E-state index in [1.54, 1.807) is 12.1 Å². The Morgan fingerprint density at radius 2 is 1.77 bits per heavy atom. The van der Waals surface area contributed by atoms with Gasteiger partial charge < -0.3 is 14.7 Å². The number of anilines is 1. The maximum atomic E-state index is 13.9. The molecular formula is C26H33N5O4. The molecule has 9 heteroatoms. The second kappa shape index (κ2) is 8.48. The van der Waals surface area contributed by atoms with Gasteiger partial charge in [-0.2, -0.15) is 0 Å². The first kappa shape index (κ1) is 23.5. The van der Waals surface area contributed by atoms with Crippen molar-refractivity contribution in [1.29, 1.82) is 0 Å². The van der Waals surface area contributed by atoms with Crippen molar-refractivity contribution in [3.05, 3.63) is 34.9 Å². The largest absolute Gasteiger partial charge is 0.370 e. The third-order valence-electron chi connectivity index (χ3n) is 7.97. The van der Waals surface area contributed by atoms with E-state index in [2.05, 4.69) is 31.1 Å². The highest BCUT2D eigenvalue weighted by Gasteiger charge is 2.46. The molecule has 4 atom stereocenters. The lowest BCUT2D eigenvalue weighted by Crippen LogP contribution is -2.54. The molecule has 4 aliphatic heterocycles. The van der Waals surface area contributed by atoms with E-state index in [-0.39, 0.29) is 36.6 Å². The molecule has 0 spiro atoms. The molecule has 4 amide bonds. The van der Waals surface area contributed by atoms with E-state index < -0.39 is 11.9 Å². The number of hydrogen-bond acceptors (Lipinski definition) is 6. The highest BCUT2D eigenvalue weighted by molar-refractivity contribution is 6.17. The van der Waals surface area contributed by atoms with E-state index in [4.69, 9.17) is 0 Å². The first-order valence-corrected chi connectivity index (χ1v) is 12.3. The van der Waals surface area contributed by atoms with E-state index in [0.717, 1.165) is 18.8 Å². The summed E-state index contributed by atoms with van der Waals surface area (Å²) in [5.74, 6) is -0.424. The van der Waals surface area contributed by atoms with Crippen molar-refractivity contribution in [2.45, 2.75) is 38.8 Å². The highest BCUT2D eigenvalue weighted by Crippen LogP contribution is 2.45. The average molecular weight is 480 g/mol. The van der Waals surface area contributed by atoms with E-state index in [1.165, 1.54) is 4.90 Å². The van der Waals surface area contributed by atoms with Crippen molar-refractivity contribution in [2.75, 3.05) is 45.7 Å². The van der Waals surface area contributed by atoms with Gasteiger partial charge in [-0.05, 0) is 43.5 Å². The molecular weight excluding hydrogens is 446 g/mol. The Morgan fingerprint density at radius 1 is 1.09 bits per heavy atom. The summed E-state index contributed by atoms with van der Waals surface area (Å²) in [7, 11) is 5.91. The minimum atomic E-state index is -0.738. The third kappa shape index (κ3) is 3.64. The van der Waals surface area contributed by atoms with Gasteiger partial charge >= 0.3 is 0 Å². The molecule has 0 bridgehead atoms. The minimum absolute atomic E-state index is 0.0592. The molecule has 4 aliphatic rings. The Labute approximate surface area is 205 Å². The number of nitrogens with zero attached hydrogens (tertiary/aromatic N) is 4. The number of imide groups is 1. The summed E-state index contributed by atoms with van der Waals surface area (Å²) in [5, 5.41) is 2.36. The number of piperidine rings is 2. The van der Waals surface area contributed by atoms with Crippen LogP contribution in [-0.4, -0.2) is 91.2 Å². The normalized spacial score (nSPS) is 28.6. The van der Waals surface area contributed by atoms with Crippen molar-refractivity contribution in [3.63, 3.8) is 0 Å². The number of carbonyl (C=O) groups excluding carboxylic acids is 4. The number of likely N-dealkylation sites (N-methyl/N-ethyl adjacent to an activating group) is 1. The van der Waals surface area contributed by atoms with Gasteiger partial charge in [0, 0.05) is 51.8 Å². The Bertz CT molecular complexity index is 1150. The van der Waals surface area contributed by atoms with Gasteiger partial charge in [0.1, 0.15) is 6.04 Å². The molecule has 1 aromatic rings. The number of nitrogens with one attached hydrogen (secondary N) is 1. The summed E-state index contributed by atoms with van der Waals surface area (Å²) in [6.45, 7) is 6.76. The fourth-order valence-electron chi connectivity index (χ4n) is 6.63. The predicted octanol–water partition coefficient (Wildman–Crippen LogP) is 1.40. The van der Waals surface area contributed by atoms with Gasteiger partial charge in [0.05, 0.1) is 22.5 Å². The molecule has 2 unspecified atom stereocenters. The molecule has 35 heavy (non-hydrogen) atoms. The van der Waals surface area contributed by atoms with E-state index in [0.29, 0.717) is 40.8 Å². The SMILES string of the molecule is C[C@@H]1CN(C)C[C@H](C)C1N(C)C(=O)c1ccc2c3c1N(C)CC=C3N(C1CCC(=O)NC1=O)C2=O. The zero-order valence-electron chi connectivity index (χ0n) is 21.0. The van der Waals surface area contributed by atoms with E-state index in [9.17, 15) is 19.2 Å². The summed E-state index contributed by atoms with van der Waals surface area (Å²) in [4.78, 5) is 59.3. The molecule has 2 fully saturated rings. The van der Waals surface area contributed by atoms with Crippen LogP contribution in [0.3, 0.4) is 0 Å². The van der Waals surface area contributed by atoms with Gasteiger partial charge in [-0.25, -0.2) is 0 Å². The average Bonchev–Trinajstić information content (AvgIpc) is 3.07. The van der Waals surface area contributed by atoms with Crippen LogP contribution in [0.5, 0.6) is 0 Å². The molecule has 0 aliphatic carbocycles. The molecule has 0 radical (unpaired) electrons. The van der Waals surface area contributed by atoms with Crippen LogP contribution in [0.2, 0.25) is 0 Å². The van der Waals surface area contributed by atoms with Crippen LogP contribution in [0, 0.1) is 11.8 Å². The molecule has 1 N–H and O–H groups in total. The van der Waals surface area contributed by atoms with Crippen LogP contribution < -0.4 is 10.2 Å². The number of hydrogen-bond donors (Lipinski definition) is 1. The van der Waals surface area contributed by atoms with Crippen LogP contribution in [-0.2, 0) is 9.59 Å². The van der Waals surface area contributed by atoms with E-state index >= 15 is 0 Å². The predicted molar refractivity (Wildman–Crippen MR) is 132 cm³/mol. The number of carbonyl (C=O) groups is 4. The highest BCUT2D eigenvalue weighted by atomic mass is 16.2. The van der Waals surface area contributed by atoms with Crippen molar-refractivity contribution >= 4 is 35.0 Å². The van der Waals surface area contributed by atoms with E-state index in [1.807, 2.05) is 30.0 Å². The Morgan fingerprint density at radius 3 is 2.43 bits per heavy atom. The number of likely N-dealkylation sites (tertiary alicyclic amines) is 1. The molecule has 186 valence electrons. The maximum absolute atomic E-state index is 13.9. The van der Waals surface area contributed by atoms with Gasteiger partial charge in [-0.1, -0.05) is 13.8 Å². The summed E-state index contributed by atoms with van der Waals surface area (Å²) >= 11 is 0. The minimum Gasteiger partial charge on any atom is -0.370 e. The molecule has 9 nitrogen and oxygen atoms in total. The van der Waals surface area contributed by atoms with Crippen molar-refractivity contribution < 1.29 is 19.2 Å². The van der Waals surface area contributed by atoms with Crippen molar-refractivity contribution in [3.8, 4) is 0 Å². The van der Waals surface area contributed by atoms with Crippen LogP contribution in [0.4, 0.5) is 5.69 Å². The Hall–Kier alpha value is -3.20. The molecule has 5 rings (SSSR count). The lowest BCUT2D eigenvalue weighted by molar-refractivity contribution is -0.136. The Balaban J connectivity index is 1.52. The lowest BCUT2D eigenvalue weighted by atomic mass is 9.84. The van der Waals surface area contributed by atoms with Gasteiger partial charge in [-0.15, -0.1) is 0 Å². The van der Waals surface area contributed by atoms with Gasteiger partial charge in [0.25, 0.3) is 11.8 Å². The number of amides is 4. The van der Waals surface area contributed by atoms with Crippen molar-refractivity contribution in [2.24, 2.45) is 11.8 Å². The van der Waals surface area contributed by atoms with Crippen LogP contribution in [0.25, 0.3) is 5.70 Å². The van der Waals surface area contributed by atoms with Crippen LogP contribution >= 0.6 is 0 Å². The Kier molecular flexibility index (Phi) is 5.70. The van der Waals surface area contributed by atoms with Crippen LogP contribution in [0.1, 0.15) is 53.0 Å². The number of rotatable bonds is 3. The molecule has 0 saturated carbocycles. The zero-order valence-corrected chi connectivity index (χ0v) is 21.0. The third-order valence-corrected chi connectivity index (χ3v) is 7.97. The topological polar surface area (TPSA) is 93.3 Å². The van der Waals surface area contributed by atoms with Gasteiger partial charge in [0.2, 0.25) is 11.8 Å². The molecule has 0 aromatic heterocycles.